The van der Waals surface area contributed by atoms with Crippen LogP contribution in [0.25, 0.3) is 0 Å². The molecule has 0 spiro atoms. The first kappa shape index (κ1) is 13.1. The van der Waals surface area contributed by atoms with Gasteiger partial charge in [-0.25, -0.2) is 0 Å². The van der Waals surface area contributed by atoms with E-state index in [2.05, 4.69) is 6.58 Å². The number of rotatable bonds is 8. The Bertz CT molecular complexity index is 171. The summed E-state index contributed by atoms with van der Waals surface area (Å²) in [5.74, 6) is -0.0573. The van der Waals surface area contributed by atoms with Gasteiger partial charge in [0.05, 0.1) is 6.61 Å². The molecular weight excluding hydrogens is 182 g/mol. The maximum absolute atomic E-state index is 11.3. The summed E-state index contributed by atoms with van der Waals surface area (Å²) < 4.78 is 9.83. The average Bonchev–Trinajstić information content (AvgIpc) is 2.22. The quantitative estimate of drug-likeness (QED) is 0.428. The van der Waals surface area contributed by atoms with Crippen molar-refractivity contribution in [3.63, 3.8) is 0 Å². The maximum atomic E-state index is 11.3. The fourth-order valence-electron chi connectivity index (χ4n) is 1.06. The van der Waals surface area contributed by atoms with Crippen LogP contribution in [0.3, 0.4) is 0 Å². The number of carbonyl (C=O) groups is 1. The zero-order chi connectivity index (χ0) is 10.8. The lowest BCUT2D eigenvalue weighted by atomic mass is 10.3. The van der Waals surface area contributed by atoms with E-state index in [9.17, 15) is 4.79 Å². The van der Waals surface area contributed by atoms with Crippen LogP contribution in [0.15, 0.2) is 12.7 Å². The van der Waals surface area contributed by atoms with Gasteiger partial charge in [0.25, 0.3) is 0 Å². The lowest BCUT2D eigenvalue weighted by molar-refractivity contribution is -0.126. The number of hydrogen-bond donors (Lipinski definition) is 0. The molecule has 0 heterocycles. The smallest absolute Gasteiger partial charge is 0.246 e. The Labute approximate surface area is 85.5 Å². The minimum Gasteiger partial charge on any atom is -0.385 e. The van der Waals surface area contributed by atoms with Gasteiger partial charge in [0, 0.05) is 33.9 Å². The Morgan fingerprint density at radius 1 is 1.29 bits per heavy atom. The molecule has 0 saturated heterocycles. The average molecular weight is 201 g/mol. The summed E-state index contributed by atoms with van der Waals surface area (Å²) in [4.78, 5) is 13.0. The molecule has 0 aliphatic heterocycles. The van der Waals surface area contributed by atoms with Gasteiger partial charge in [-0.1, -0.05) is 6.58 Å². The number of nitrogens with zero attached hydrogens (tertiary/aromatic N) is 1. The van der Waals surface area contributed by atoms with Crippen molar-refractivity contribution in [2.24, 2.45) is 0 Å². The van der Waals surface area contributed by atoms with Gasteiger partial charge in [0.1, 0.15) is 0 Å². The molecule has 0 fully saturated rings. The summed E-state index contributed by atoms with van der Waals surface area (Å²) in [5.41, 5.74) is 0. The van der Waals surface area contributed by atoms with E-state index in [0.29, 0.717) is 26.3 Å². The molecule has 0 radical (unpaired) electrons. The fraction of sp³-hybridized carbons (Fsp3) is 0.700. The third-order valence-electron chi connectivity index (χ3n) is 1.83. The Hall–Kier alpha value is -0.870. The summed E-state index contributed by atoms with van der Waals surface area (Å²) in [7, 11) is 3.26. The largest absolute Gasteiger partial charge is 0.385 e. The van der Waals surface area contributed by atoms with Crippen molar-refractivity contribution in [1.29, 1.82) is 0 Å². The Kier molecular flexibility index (Phi) is 8.17. The highest BCUT2D eigenvalue weighted by Gasteiger charge is 2.08. The molecule has 1 amide bonds. The highest BCUT2D eigenvalue weighted by Crippen LogP contribution is 1.94. The van der Waals surface area contributed by atoms with Gasteiger partial charge >= 0.3 is 0 Å². The first-order valence-corrected chi connectivity index (χ1v) is 4.65. The lowest BCUT2D eigenvalue weighted by Gasteiger charge is -2.20. The van der Waals surface area contributed by atoms with Crippen molar-refractivity contribution in [2.45, 2.75) is 6.42 Å². The molecule has 0 aromatic carbocycles. The molecule has 0 aliphatic rings. The number of carbonyl (C=O) groups excluding carboxylic acids is 1. The topological polar surface area (TPSA) is 38.8 Å². The van der Waals surface area contributed by atoms with Gasteiger partial charge in [0.15, 0.2) is 0 Å². The molecule has 0 aromatic rings. The second-order valence-corrected chi connectivity index (χ2v) is 2.87. The summed E-state index contributed by atoms with van der Waals surface area (Å²) in [5, 5.41) is 0. The van der Waals surface area contributed by atoms with Crippen LogP contribution < -0.4 is 0 Å². The van der Waals surface area contributed by atoms with E-state index in [4.69, 9.17) is 9.47 Å². The number of methoxy groups -OCH3 is 2. The zero-order valence-corrected chi connectivity index (χ0v) is 8.99. The fourth-order valence-corrected chi connectivity index (χ4v) is 1.06. The third-order valence-corrected chi connectivity index (χ3v) is 1.83. The summed E-state index contributed by atoms with van der Waals surface area (Å²) in [6.07, 6.45) is 2.16. The monoisotopic (exact) mass is 201 g/mol. The Balaban J connectivity index is 3.84. The standard InChI is InChI=1S/C10H19NO3/c1-4-10(12)11(7-9-14-3)6-5-8-13-2/h4H,1,5-9H2,2-3H3. The van der Waals surface area contributed by atoms with Crippen molar-refractivity contribution in [3.05, 3.63) is 12.7 Å². The number of hydrogen-bond acceptors (Lipinski definition) is 3. The number of ether oxygens (including phenoxy) is 2. The molecule has 0 atom stereocenters. The minimum absolute atomic E-state index is 0.0573. The molecule has 0 aromatic heterocycles. The van der Waals surface area contributed by atoms with Gasteiger partial charge in [0.2, 0.25) is 5.91 Å². The normalized spacial score (nSPS) is 9.86. The molecule has 0 bridgehead atoms. The molecule has 0 aliphatic carbocycles. The van der Waals surface area contributed by atoms with Crippen molar-refractivity contribution < 1.29 is 14.3 Å². The number of amides is 1. The molecule has 0 N–H and O–H groups in total. The van der Waals surface area contributed by atoms with E-state index in [1.807, 2.05) is 0 Å². The highest BCUT2D eigenvalue weighted by molar-refractivity contribution is 5.86. The van der Waals surface area contributed by atoms with Crippen molar-refractivity contribution in [3.8, 4) is 0 Å². The van der Waals surface area contributed by atoms with Gasteiger partial charge in [-0.2, -0.15) is 0 Å². The zero-order valence-electron chi connectivity index (χ0n) is 8.99. The molecule has 0 unspecified atom stereocenters. The van der Waals surface area contributed by atoms with Crippen LogP contribution >= 0.6 is 0 Å². The van der Waals surface area contributed by atoms with Crippen molar-refractivity contribution in [1.82, 2.24) is 4.90 Å². The van der Waals surface area contributed by atoms with Crippen molar-refractivity contribution in [2.75, 3.05) is 40.5 Å². The second kappa shape index (κ2) is 8.72. The molecule has 82 valence electrons. The summed E-state index contributed by atoms with van der Waals surface area (Å²) >= 11 is 0. The van der Waals surface area contributed by atoms with Crippen LogP contribution in [-0.2, 0) is 14.3 Å². The molecule has 4 nitrogen and oxygen atoms in total. The van der Waals surface area contributed by atoms with E-state index in [-0.39, 0.29) is 5.91 Å². The van der Waals surface area contributed by atoms with Crippen LogP contribution in [-0.4, -0.2) is 51.3 Å². The minimum atomic E-state index is -0.0573. The highest BCUT2D eigenvalue weighted by atomic mass is 16.5. The van der Waals surface area contributed by atoms with E-state index in [1.54, 1.807) is 19.1 Å². The SMILES string of the molecule is C=CC(=O)N(CCCOC)CCOC. The van der Waals surface area contributed by atoms with E-state index < -0.39 is 0 Å². The summed E-state index contributed by atoms with van der Waals surface area (Å²) in [6, 6.07) is 0. The Morgan fingerprint density at radius 3 is 2.43 bits per heavy atom. The van der Waals surface area contributed by atoms with Gasteiger partial charge in [-0.3, -0.25) is 4.79 Å². The first-order chi connectivity index (χ1) is 6.76. The van der Waals surface area contributed by atoms with Gasteiger partial charge in [-0.05, 0) is 12.5 Å². The third kappa shape index (κ3) is 5.72. The lowest BCUT2D eigenvalue weighted by Crippen LogP contribution is -2.33. The van der Waals surface area contributed by atoms with Crippen molar-refractivity contribution >= 4 is 5.91 Å². The second-order valence-electron chi connectivity index (χ2n) is 2.87. The van der Waals surface area contributed by atoms with Gasteiger partial charge < -0.3 is 14.4 Å². The van der Waals surface area contributed by atoms with Gasteiger partial charge in [-0.15, -0.1) is 0 Å². The van der Waals surface area contributed by atoms with Crippen LogP contribution in [0.2, 0.25) is 0 Å². The molecule has 14 heavy (non-hydrogen) atoms. The molecular formula is C10H19NO3. The van der Waals surface area contributed by atoms with Crippen LogP contribution in [0.5, 0.6) is 0 Å². The van der Waals surface area contributed by atoms with E-state index in [0.717, 1.165) is 6.42 Å². The van der Waals surface area contributed by atoms with Crippen LogP contribution in [0.1, 0.15) is 6.42 Å². The summed E-state index contributed by atoms with van der Waals surface area (Å²) in [6.45, 7) is 5.95. The maximum Gasteiger partial charge on any atom is 0.246 e. The molecule has 0 saturated carbocycles. The van der Waals surface area contributed by atoms with E-state index in [1.165, 1.54) is 6.08 Å². The first-order valence-electron chi connectivity index (χ1n) is 4.65. The predicted molar refractivity (Wildman–Crippen MR) is 55.1 cm³/mol. The van der Waals surface area contributed by atoms with Crippen LogP contribution in [0.4, 0.5) is 0 Å². The molecule has 0 rings (SSSR count). The van der Waals surface area contributed by atoms with Crippen LogP contribution in [0, 0.1) is 0 Å². The predicted octanol–water partition coefficient (Wildman–Crippen LogP) is 0.684. The Morgan fingerprint density at radius 2 is 1.93 bits per heavy atom. The molecule has 4 heteroatoms. The van der Waals surface area contributed by atoms with E-state index >= 15 is 0 Å².